The molecule has 136 valence electrons. The average Bonchev–Trinajstić information content (AvgIpc) is 2.96. The molecule has 0 aliphatic carbocycles. The lowest BCUT2D eigenvalue weighted by Gasteiger charge is -2.29. The molecule has 0 aromatic heterocycles. The van der Waals surface area contributed by atoms with Crippen molar-refractivity contribution >= 4 is 19.1 Å². The van der Waals surface area contributed by atoms with Crippen LogP contribution >= 0.6 is 0 Å². The summed E-state index contributed by atoms with van der Waals surface area (Å²) < 4.78 is 27.5. The van der Waals surface area contributed by atoms with Gasteiger partial charge in [-0.3, -0.25) is 14.5 Å². The molecule has 0 amide bonds. The van der Waals surface area contributed by atoms with Gasteiger partial charge in [-0.2, -0.15) is 5.26 Å². The van der Waals surface area contributed by atoms with Crippen molar-refractivity contribution in [2.75, 3.05) is 26.7 Å². The number of hydrogen-bond acceptors (Lipinski definition) is 10. The molecule has 25 heavy (non-hydrogen) atoms. The van der Waals surface area contributed by atoms with E-state index in [9.17, 15) is 20.0 Å². The minimum absolute atomic E-state index is 0.0986. The van der Waals surface area contributed by atoms with Crippen LogP contribution in [-0.4, -0.2) is 85.4 Å². The Balaban J connectivity index is 1.89. The summed E-state index contributed by atoms with van der Waals surface area (Å²) in [6.45, 7) is 2.44. The number of rotatable bonds is 2. The standard InChI is InChI=1S/C14H19BN2O8/c1-13(2)21-10-11(22-13)14(6-16,7-18)23-12(10)15-24-8(19)4-17(3)5-9(20)25-15/h10-12,18H,4-5,7H2,1-3H3/t10-,11+,12-,14-/m1/s1. The van der Waals surface area contributed by atoms with Gasteiger partial charge in [-0.1, -0.05) is 0 Å². The molecule has 0 aromatic carbocycles. The normalized spacial score (nSPS) is 38.4. The summed E-state index contributed by atoms with van der Waals surface area (Å²) in [6, 6.07) is 0.794. The Hall–Kier alpha value is -1.71. The topological polar surface area (TPSA) is 128 Å². The van der Waals surface area contributed by atoms with Crippen molar-refractivity contribution in [3.05, 3.63) is 0 Å². The zero-order valence-electron chi connectivity index (χ0n) is 14.1. The number of nitrogens with zero attached hydrogens (tertiary/aromatic N) is 2. The molecule has 3 saturated heterocycles. The van der Waals surface area contributed by atoms with Gasteiger partial charge in [0.15, 0.2) is 11.8 Å². The van der Waals surface area contributed by atoms with E-state index in [0.29, 0.717) is 0 Å². The lowest BCUT2D eigenvalue weighted by Crippen LogP contribution is -2.52. The molecule has 3 aliphatic heterocycles. The van der Waals surface area contributed by atoms with E-state index in [4.69, 9.17) is 23.5 Å². The van der Waals surface area contributed by atoms with Crippen molar-refractivity contribution in [3.63, 3.8) is 0 Å². The highest BCUT2D eigenvalue weighted by molar-refractivity contribution is 6.51. The van der Waals surface area contributed by atoms with Gasteiger partial charge >= 0.3 is 19.1 Å². The van der Waals surface area contributed by atoms with Gasteiger partial charge in [0.05, 0.1) is 19.7 Å². The van der Waals surface area contributed by atoms with Crippen molar-refractivity contribution < 1.29 is 38.2 Å². The SMILES string of the molecule is CN1CC(=O)OB([C@@H]2O[C@](C#N)(CO)[C@H]3OC(C)(C)O[C@@H]23)OC(=O)C1. The molecule has 3 rings (SSSR count). The van der Waals surface area contributed by atoms with Crippen LogP contribution in [0.25, 0.3) is 0 Å². The van der Waals surface area contributed by atoms with Crippen molar-refractivity contribution in [1.29, 1.82) is 5.26 Å². The Morgan fingerprint density at radius 1 is 1.24 bits per heavy atom. The van der Waals surface area contributed by atoms with Crippen molar-refractivity contribution in [2.24, 2.45) is 0 Å². The van der Waals surface area contributed by atoms with Gasteiger partial charge in [0.1, 0.15) is 18.3 Å². The number of aliphatic hydroxyl groups is 1. The van der Waals surface area contributed by atoms with E-state index in [0.717, 1.165) is 0 Å². The van der Waals surface area contributed by atoms with Crippen molar-refractivity contribution in [2.45, 2.75) is 43.4 Å². The number of nitriles is 1. The number of carbonyl (C=O) groups is 2. The molecule has 0 saturated carbocycles. The maximum absolute atomic E-state index is 11.9. The zero-order valence-corrected chi connectivity index (χ0v) is 14.1. The van der Waals surface area contributed by atoms with Crippen LogP contribution in [0.3, 0.4) is 0 Å². The summed E-state index contributed by atoms with van der Waals surface area (Å²) in [6.07, 6.45) is -1.78. The fraction of sp³-hybridized carbons (Fsp3) is 0.786. The van der Waals surface area contributed by atoms with Gasteiger partial charge in [0.2, 0.25) is 5.60 Å². The lowest BCUT2D eigenvalue weighted by atomic mass is 9.76. The van der Waals surface area contributed by atoms with Gasteiger partial charge in [0, 0.05) is 0 Å². The summed E-state index contributed by atoms with van der Waals surface area (Å²) >= 11 is 0. The van der Waals surface area contributed by atoms with Gasteiger partial charge in [-0.05, 0) is 20.9 Å². The van der Waals surface area contributed by atoms with Crippen LogP contribution in [0.1, 0.15) is 13.8 Å². The molecule has 0 aromatic rings. The third kappa shape index (κ3) is 3.23. The van der Waals surface area contributed by atoms with Gasteiger partial charge < -0.3 is 28.6 Å². The van der Waals surface area contributed by atoms with Crippen molar-refractivity contribution in [1.82, 2.24) is 4.90 Å². The third-order valence-corrected chi connectivity index (χ3v) is 4.24. The van der Waals surface area contributed by atoms with Crippen LogP contribution in [0, 0.1) is 11.3 Å². The Morgan fingerprint density at radius 3 is 2.36 bits per heavy atom. The first-order valence-electron chi connectivity index (χ1n) is 7.83. The minimum atomic E-state index is -1.71. The van der Waals surface area contributed by atoms with Crippen LogP contribution in [0.2, 0.25) is 0 Å². The highest BCUT2D eigenvalue weighted by atomic mass is 16.8. The second-order valence-corrected chi connectivity index (χ2v) is 6.78. The Labute approximate surface area is 144 Å². The third-order valence-electron chi connectivity index (χ3n) is 4.24. The summed E-state index contributed by atoms with van der Waals surface area (Å²) in [4.78, 5) is 25.3. The molecular formula is C14H19BN2O8. The highest BCUT2D eigenvalue weighted by Crippen LogP contribution is 2.44. The number of aliphatic hydroxyl groups excluding tert-OH is 1. The summed E-state index contributed by atoms with van der Waals surface area (Å²) in [5.41, 5.74) is -1.71. The molecular weight excluding hydrogens is 335 g/mol. The van der Waals surface area contributed by atoms with E-state index in [-0.39, 0.29) is 13.1 Å². The van der Waals surface area contributed by atoms with Crippen molar-refractivity contribution in [3.8, 4) is 6.07 Å². The monoisotopic (exact) mass is 354 g/mol. The Kier molecular flexibility index (Phi) is 4.51. The molecule has 0 unspecified atom stereocenters. The van der Waals surface area contributed by atoms with Crippen LogP contribution in [0.15, 0.2) is 0 Å². The summed E-state index contributed by atoms with van der Waals surface area (Å²) in [5.74, 6) is -2.27. The molecule has 1 N–H and O–H groups in total. The number of likely N-dealkylation sites (N-methyl/N-ethyl adjacent to an activating group) is 1. The smallest absolute Gasteiger partial charge is 0.496 e. The predicted molar refractivity (Wildman–Crippen MR) is 79.6 cm³/mol. The molecule has 3 aliphatic rings. The molecule has 3 heterocycles. The van der Waals surface area contributed by atoms with Crippen LogP contribution in [0.4, 0.5) is 0 Å². The first-order chi connectivity index (χ1) is 11.7. The number of fused-ring (bicyclic) bond motifs is 1. The molecule has 4 atom stereocenters. The molecule has 11 heteroatoms. The second-order valence-electron chi connectivity index (χ2n) is 6.78. The maximum atomic E-state index is 11.9. The van der Waals surface area contributed by atoms with E-state index in [1.807, 2.05) is 6.07 Å². The first-order valence-corrected chi connectivity index (χ1v) is 7.83. The minimum Gasteiger partial charge on any atom is -0.496 e. The van der Waals surface area contributed by atoms with Gasteiger partial charge in [0.25, 0.3) is 0 Å². The average molecular weight is 354 g/mol. The molecule has 10 nitrogen and oxygen atoms in total. The zero-order chi connectivity index (χ0) is 18.4. The molecule has 0 spiro atoms. The quantitative estimate of drug-likeness (QED) is 0.568. The predicted octanol–water partition coefficient (Wildman–Crippen LogP) is -1.78. The highest BCUT2D eigenvalue weighted by Gasteiger charge is 2.68. The van der Waals surface area contributed by atoms with Gasteiger partial charge in [-0.25, -0.2) is 0 Å². The molecule has 0 bridgehead atoms. The fourth-order valence-corrected chi connectivity index (χ4v) is 3.22. The van der Waals surface area contributed by atoms with Gasteiger partial charge in [-0.15, -0.1) is 0 Å². The summed E-state index contributed by atoms with van der Waals surface area (Å²) in [7, 11) is 0.175. The van der Waals surface area contributed by atoms with Crippen LogP contribution in [-0.2, 0) is 33.1 Å². The fourth-order valence-electron chi connectivity index (χ4n) is 3.22. The maximum Gasteiger partial charge on any atom is 0.632 e. The van der Waals surface area contributed by atoms with Crippen LogP contribution < -0.4 is 0 Å². The second kappa shape index (κ2) is 6.23. The number of ether oxygens (including phenoxy) is 3. The lowest BCUT2D eigenvalue weighted by molar-refractivity contribution is -0.197. The van der Waals surface area contributed by atoms with E-state index in [2.05, 4.69) is 0 Å². The Morgan fingerprint density at radius 2 is 1.84 bits per heavy atom. The molecule has 3 fully saturated rings. The van der Waals surface area contributed by atoms with Crippen LogP contribution in [0.5, 0.6) is 0 Å². The Bertz CT molecular complexity index is 602. The summed E-state index contributed by atoms with van der Waals surface area (Å²) in [5, 5.41) is 19.2. The first kappa shape index (κ1) is 18.1. The van der Waals surface area contributed by atoms with E-state index >= 15 is 0 Å². The number of hydrogen-bond donors (Lipinski definition) is 1. The molecule has 0 radical (unpaired) electrons. The van der Waals surface area contributed by atoms with E-state index in [1.165, 1.54) is 4.90 Å². The number of carbonyl (C=O) groups excluding carboxylic acids is 2. The largest absolute Gasteiger partial charge is 0.632 e. The van der Waals surface area contributed by atoms with E-state index in [1.54, 1.807) is 20.9 Å². The van der Waals surface area contributed by atoms with E-state index < -0.39 is 55.3 Å².